The molecule has 0 aromatic heterocycles. The van der Waals surface area contributed by atoms with Crippen LogP contribution in [0, 0.1) is 6.07 Å². The molecule has 1 aromatic carbocycles. The van der Waals surface area contributed by atoms with Gasteiger partial charge in [0, 0.05) is 6.07 Å². The van der Waals surface area contributed by atoms with E-state index in [9.17, 15) is 30.4 Å². The third-order valence-corrected chi connectivity index (χ3v) is 1.32. The fourth-order valence-corrected chi connectivity index (χ4v) is 0.739. The van der Waals surface area contributed by atoms with Crippen molar-refractivity contribution >= 4 is 7.25 Å². The molecule has 1 radical (unpaired) electrons. The molecule has 9 heteroatoms. The molecule has 1 rings (SSSR count). The quantitative estimate of drug-likeness (QED) is 0.552. The molecule has 0 spiro atoms. The van der Waals surface area contributed by atoms with Crippen molar-refractivity contribution in [2.45, 2.75) is 6.18 Å². The van der Waals surface area contributed by atoms with E-state index in [1.807, 2.05) is 0 Å². The Bertz CT molecular complexity index is 340. The van der Waals surface area contributed by atoms with Gasteiger partial charge < -0.3 is 22.0 Å². The lowest BCUT2D eigenvalue weighted by Gasteiger charge is -2.06. The zero-order valence-corrected chi connectivity index (χ0v) is 8.36. The molecular formula is C8H6BF7O-. The van der Waals surface area contributed by atoms with Crippen LogP contribution in [0.25, 0.3) is 0 Å². The van der Waals surface area contributed by atoms with Crippen LogP contribution in [0.2, 0.25) is 0 Å². The smallest absolute Gasteiger partial charge is 0.496 e. The van der Waals surface area contributed by atoms with Crippen LogP contribution in [0.3, 0.4) is 0 Å². The van der Waals surface area contributed by atoms with Crippen LogP contribution in [-0.4, -0.2) is 14.4 Å². The van der Waals surface area contributed by atoms with Crippen LogP contribution in [0.4, 0.5) is 30.4 Å². The molecular weight excluding hydrogens is 256 g/mol. The Morgan fingerprint density at radius 1 is 1.18 bits per heavy atom. The Kier molecular flexibility index (Phi) is 5.31. The Labute approximate surface area is 92.3 Å². The molecule has 0 atom stereocenters. The van der Waals surface area contributed by atoms with Crippen molar-refractivity contribution in [2.75, 3.05) is 7.11 Å². The van der Waals surface area contributed by atoms with Crippen molar-refractivity contribution in [2.24, 2.45) is 0 Å². The van der Waals surface area contributed by atoms with Gasteiger partial charge in [0.2, 0.25) is 0 Å². The van der Waals surface area contributed by atoms with Gasteiger partial charge in [-0.15, -0.1) is 0 Å². The van der Waals surface area contributed by atoms with E-state index in [1.165, 1.54) is 13.2 Å². The summed E-state index contributed by atoms with van der Waals surface area (Å²) in [5, 5.41) is 0. The van der Waals surface area contributed by atoms with Crippen LogP contribution < -0.4 is 4.74 Å². The van der Waals surface area contributed by atoms with Crippen molar-refractivity contribution in [3.05, 3.63) is 29.8 Å². The number of rotatable bonds is 1. The number of hydrogen-bond acceptors (Lipinski definition) is 1. The molecule has 0 unspecified atom stereocenters. The molecule has 1 nitrogen and oxygen atoms in total. The maximum Gasteiger partial charge on any atom is 0.673 e. The number of hydrogen-bond donors (Lipinski definition) is 0. The van der Waals surface area contributed by atoms with E-state index >= 15 is 0 Å². The Morgan fingerprint density at radius 2 is 1.65 bits per heavy atom. The topological polar surface area (TPSA) is 9.23 Å². The minimum absolute atomic E-state index is 0.0878. The second kappa shape index (κ2) is 5.78. The van der Waals surface area contributed by atoms with Gasteiger partial charge >= 0.3 is 13.4 Å². The standard InChI is InChI=1S/C8H6F3O.BF4/c1-12-7-4-2-3-6(5-7)8(9,10)11;2-1(3,4)5/h2-3,5H,1H3;/q;-1. The molecule has 0 aliphatic carbocycles. The lowest BCUT2D eigenvalue weighted by atomic mass is 10.2. The van der Waals surface area contributed by atoms with Crippen molar-refractivity contribution in [3.8, 4) is 5.75 Å². The minimum Gasteiger partial charge on any atom is -0.496 e. The van der Waals surface area contributed by atoms with Gasteiger partial charge in [-0.25, -0.2) is 0 Å². The third-order valence-electron chi connectivity index (χ3n) is 1.32. The Morgan fingerprint density at radius 3 is 2.00 bits per heavy atom. The number of methoxy groups -OCH3 is 1. The first-order chi connectivity index (χ1) is 7.54. The SMILES string of the molecule is COc1[c]ccc(C(F)(F)F)c1.F[B-](F)(F)F. The van der Waals surface area contributed by atoms with E-state index < -0.39 is 19.0 Å². The van der Waals surface area contributed by atoms with Crippen molar-refractivity contribution in [3.63, 3.8) is 0 Å². The molecule has 0 heterocycles. The molecule has 0 bridgehead atoms. The predicted octanol–water partition coefficient (Wildman–Crippen LogP) is 3.81. The number of alkyl halides is 3. The summed E-state index contributed by atoms with van der Waals surface area (Å²) in [5.41, 5.74) is -0.724. The monoisotopic (exact) mass is 262 g/mol. The van der Waals surface area contributed by atoms with Crippen LogP contribution in [0.5, 0.6) is 5.75 Å². The first kappa shape index (κ1) is 15.6. The van der Waals surface area contributed by atoms with Crippen molar-refractivity contribution in [1.82, 2.24) is 0 Å². The van der Waals surface area contributed by atoms with Crippen LogP contribution in [0.15, 0.2) is 18.2 Å². The number of ether oxygens (including phenoxy) is 1. The molecule has 0 fully saturated rings. The van der Waals surface area contributed by atoms with Gasteiger partial charge in [-0.1, -0.05) is 0 Å². The summed E-state index contributed by atoms with van der Waals surface area (Å²) < 4.78 is 79.7. The van der Waals surface area contributed by atoms with E-state index in [2.05, 4.69) is 10.8 Å². The van der Waals surface area contributed by atoms with Gasteiger partial charge in [-0.05, 0) is 18.2 Å². The average Bonchev–Trinajstić information content (AvgIpc) is 2.14. The zero-order chi connectivity index (χ0) is 13.7. The third kappa shape index (κ3) is 8.41. The molecule has 0 N–H and O–H groups in total. The lowest BCUT2D eigenvalue weighted by Crippen LogP contribution is -2.04. The average molecular weight is 262 g/mol. The number of halogens is 7. The predicted molar refractivity (Wildman–Crippen MR) is 47.0 cm³/mol. The van der Waals surface area contributed by atoms with Crippen LogP contribution in [0.1, 0.15) is 5.56 Å². The highest BCUT2D eigenvalue weighted by atomic mass is 19.5. The van der Waals surface area contributed by atoms with E-state index in [1.54, 1.807) is 0 Å². The van der Waals surface area contributed by atoms with Gasteiger partial charge in [0.1, 0.15) is 5.75 Å². The number of benzene rings is 1. The summed E-state index contributed by atoms with van der Waals surface area (Å²) in [4.78, 5) is 0. The summed E-state index contributed by atoms with van der Waals surface area (Å²) in [5.74, 6) is 0.0878. The first-order valence-electron chi connectivity index (χ1n) is 4.04. The van der Waals surface area contributed by atoms with E-state index in [0.717, 1.165) is 12.1 Å². The summed E-state index contributed by atoms with van der Waals surface area (Å²) in [6.07, 6.45) is -4.32. The van der Waals surface area contributed by atoms with Gasteiger partial charge in [-0.3, -0.25) is 0 Å². The molecule has 0 amide bonds. The summed E-state index contributed by atoms with van der Waals surface area (Å²) in [7, 11) is -4.70. The molecule has 0 aliphatic rings. The van der Waals surface area contributed by atoms with Gasteiger partial charge in [0.15, 0.2) is 0 Å². The normalized spacial score (nSPS) is 11.5. The second-order valence-electron chi connectivity index (χ2n) is 2.64. The van der Waals surface area contributed by atoms with Crippen LogP contribution in [-0.2, 0) is 6.18 Å². The minimum atomic E-state index is -6.00. The summed E-state index contributed by atoms with van der Waals surface area (Å²) in [6, 6.07) is 5.54. The fraction of sp³-hybridized carbons (Fsp3) is 0.250. The molecule has 0 saturated heterocycles. The fourth-order valence-electron chi connectivity index (χ4n) is 0.739. The van der Waals surface area contributed by atoms with Crippen molar-refractivity contribution < 1.29 is 35.2 Å². The lowest BCUT2D eigenvalue weighted by molar-refractivity contribution is -0.137. The Hall–Kier alpha value is -1.41. The Balaban J connectivity index is 0.000000437. The second-order valence-corrected chi connectivity index (χ2v) is 2.64. The van der Waals surface area contributed by atoms with E-state index in [-0.39, 0.29) is 5.75 Å². The maximum atomic E-state index is 12.0. The maximum absolute atomic E-state index is 12.0. The van der Waals surface area contributed by atoms with Gasteiger partial charge in [-0.2, -0.15) is 13.2 Å². The molecule has 0 saturated carbocycles. The molecule has 1 aromatic rings. The molecule has 97 valence electrons. The first-order valence-corrected chi connectivity index (χ1v) is 4.04. The van der Waals surface area contributed by atoms with Gasteiger partial charge in [0.05, 0.1) is 12.7 Å². The molecule has 0 aliphatic heterocycles. The zero-order valence-electron chi connectivity index (χ0n) is 8.36. The highest BCUT2D eigenvalue weighted by Gasteiger charge is 2.30. The van der Waals surface area contributed by atoms with E-state index in [0.29, 0.717) is 0 Å². The van der Waals surface area contributed by atoms with Crippen molar-refractivity contribution in [1.29, 1.82) is 0 Å². The largest absolute Gasteiger partial charge is 0.673 e. The summed E-state index contributed by atoms with van der Waals surface area (Å²) >= 11 is 0. The van der Waals surface area contributed by atoms with Crippen LogP contribution >= 0.6 is 0 Å². The highest BCUT2D eigenvalue weighted by molar-refractivity contribution is 6.50. The van der Waals surface area contributed by atoms with E-state index in [4.69, 9.17) is 0 Å². The van der Waals surface area contributed by atoms with Gasteiger partial charge in [0.25, 0.3) is 0 Å². The summed E-state index contributed by atoms with van der Waals surface area (Å²) in [6.45, 7) is 0. The molecule has 17 heavy (non-hydrogen) atoms. The highest BCUT2D eigenvalue weighted by Crippen LogP contribution is 2.30.